The summed E-state index contributed by atoms with van der Waals surface area (Å²) < 4.78 is 16.0. The molecule has 32 heavy (non-hydrogen) atoms. The van der Waals surface area contributed by atoms with Gasteiger partial charge in [0, 0.05) is 40.4 Å². The van der Waals surface area contributed by atoms with E-state index in [1.165, 1.54) is 7.11 Å². The average Bonchev–Trinajstić information content (AvgIpc) is 3.24. The summed E-state index contributed by atoms with van der Waals surface area (Å²) in [5.41, 5.74) is 4.14. The standard InChI is InChI=1S/C25H22ClNO5/c1-13-22(25(29)30-2)23(16-10-20-21(11-17(16)26)32-12-31-20)24-18(27-13)8-15(9-19(24)28)14-6-4-3-5-7-14/h3-7,10-11,15,23,27H,8-9,12H2,1-2H3/t15-,23-/m1/s1. The molecule has 0 spiro atoms. The van der Waals surface area contributed by atoms with Crippen molar-refractivity contribution in [2.45, 2.75) is 31.6 Å². The predicted octanol–water partition coefficient (Wildman–Crippen LogP) is 4.60. The number of allylic oxidation sites excluding steroid dienone is 3. The summed E-state index contributed by atoms with van der Waals surface area (Å²) in [5.74, 6) is -0.0163. The molecule has 0 aromatic heterocycles. The number of ketones is 1. The van der Waals surface area contributed by atoms with Crippen LogP contribution in [0.5, 0.6) is 11.5 Å². The van der Waals surface area contributed by atoms with Gasteiger partial charge in [-0.25, -0.2) is 4.79 Å². The number of ether oxygens (including phenoxy) is 3. The van der Waals surface area contributed by atoms with E-state index >= 15 is 0 Å². The van der Waals surface area contributed by atoms with E-state index in [1.54, 1.807) is 12.1 Å². The summed E-state index contributed by atoms with van der Waals surface area (Å²) in [7, 11) is 1.33. The van der Waals surface area contributed by atoms with Crippen LogP contribution in [0.4, 0.5) is 0 Å². The van der Waals surface area contributed by atoms with Crippen molar-refractivity contribution in [3.8, 4) is 11.5 Å². The van der Waals surface area contributed by atoms with Crippen molar-refractivity contribution in [1.29, 1.82) is 0 Å². The Labute approximate surface area is 190 Å². The number of hydrogen-bond donors (Lipinski definition) is 1. The van der Waals surface area contributed by atoms with Crippen molar-refractivity contribution >= 4 is 23.4 Å². The number of dihydropyridines is 1. The number of hydrogen-bond acceptors (Lipinski definition) is 6. The molecule has 0 saturated heterocycles. The van der Waals surface area contributed by atoms with Crippen molar-refractivity contribution in [2.75, 3.05) is 13.9 Å². The van der Waals surface area contributed by atoms with Gasteiger partial charge in [-0.2, -0.15) is 0 Å². The average molecular weight is 452 g/mol. The van der Waals surface area contributed by atoms with E-state index in [0.29, 0.717) is 51.8 Å². The molecule has 164 valence electrons. The highest BCUT2D eigenvalue weighted by Gasteiger charge is 2.42. The molecule has 3 aliphatic rings. The number of methoxy groups -OCH3 is 1. The molecule has 2 atom stereocenters. The highest BCUT2D eigenvalue weighted by atomic mass is 35.5. The topological polar surface area (TPSA) is 73.9 Å². The monoisotopic (exact) mass is 451 g/mol. The Morgan fingerprint density at radius 2 is 1.84 bits per heavy atom. The van der Waals surface area contributed by atoms with Crippen LogP contribution >= 0.6 is 11.6 Å². The molecule has 0 bridgehead atoms. The Balaban J connectivity index is 1.65. The smallest absolute Gasteiger partial charge is 0.336 e. The first-order chi connectivity index (χ1) is 15.5. The van der Waals surface area contributed by atoms with Gasteiger partial charge >= 0.3 is 5.97 Å². The minimum absolute atomic E-state index is 0.0137. The fourth-order valence-electron chi connectivity index (χ4n) is 4.85. The Morgan fingerprint density at radius 3 is 2.56 bits per heavy atom. The van der Waals surface area contributed by atoms with E-state index in [0.717, 1.165) is 11.3 Å². The quantitative estimate of drug-likeness (QED) is 0.687. The van der Waals surface area contributed by atoms with Crippen LogP contribution in [0, 0.1) is 0 Å². The molecular formula is C25H22ClNO5. The molecule has 5 rings (SSSR count). The van der Waals surface area contributed by atoms with Crippen molar-refractivity contribution < 1.29 is 23.8 Å². The van der Waals surface area contributed by atoms with Gasteiger partial charge in [-0.3, -0.25) is 4.79 Å². The second-order valence-corrected chi connectivity index (χ2v) is 8.55. The van der Waals surface area contributed by atoms with Gasteiger partial charge in [-0.05, 0) is 36.5 Å². The van der Waals surface area contributed by atoms with Gasteiger partial charge in [0.25, 0.3) is 0 Å². The van der Waals surface area contributed by atoms with E-state index < -0.39 is 11.9 Å². The minimum atomic E-state index is -0.648. The van der Waals surface area contributed by atoms with E-state index in [4.69, 9.17) is 25.8 Å². The maximum atomic E-state index is 13.5. The van der Waals surface area contributed by atoms with Crippen LogP contribution in [0.15, 0.2) is 65.0 Å². The molecular weight excluding hydrogens is 430 g/mol. The van der Waals surface area contributed by atoms with Crippen molar-refractivity contribution in [2.24, 2.45) is 0 Å². The molecule has 2 heterocycles. The summed E-state index contributed by atoms with van der Waals surface area (Å²) in [6.45, 7) is 1.92. The lowest BCUT2D eigenvalue weighted by Crippen LogP contribution is -2.36. The SMILES string of the molecule is COC(=O)C1=C(C)NC2=C(C(=O)C[C@H](c3ccccc3)C2)[C@@H]1c1cc2c(cc1Cl)OCO2. The van der Waals surface area contributed by atoms with Crippen LogP contribution in [0.3, 0.4) is 0 Å². The van der Waals surface area contributed by atoms with Gasteiger partial charge in [0.2, 0.25) is 6.79 Å². The van der Waals surface area contributed by atoms with Crippen LogP contribution in [0.2, 0.25) is 5.02 Å². The number of benzene rings is 2. The molecule has 0 fully saturated rings. The Bertz CT molecular complexity index is 1180. The first kappa shape index (κ1) is 20.6. The fourth-order valence-corrected chi connectivity index (χ4v) is 5.11. The third-order valence-corrected chi connectivity index (χ3v) is 6.63. The summed E-state index contributed by atoms with van der Waals surface area (Å²) in [4.78, 5) is 26.4. The predicted molar refractivity (Wildman–Crippen MR) is 119 cm³/mol. The molecule has 2 aliphatic heterocycles. The number of halogens is 1. The van der Waals surface area contributed by atoms with Gasteiger partial charge in [0.05, 0.1) is 12.7 Å². The molecule has 2 aromatic carbocycles. The largest absolute Gasteiger partial charge is 0.466 e. The maximum Gasteiger partial charge on any atom is 0.336 e. The molecule has 0 saturated carbocycles. The van der Waals surface area contributed by atoms with E-state index in [-0.39, 0.29) is 18.5 Å². The van der Waals surface area contributed by atoms with Crippen LogP contribution in [-0.2, 0) is 14.3 Å². The zero-order chi connectivity index (χ0) is 22.4. The lowest BCUT2D eigenvalue weighted by atomic mass is 9.71. The van der Waals surface area contributed by atoms with Crippen LogP contribution in [0.25, 0.3) is 0 Å². The molecule has 7 heteroatoms. The third-order valence-electron chi connectivity index (χ3n) is 6.31. The molecule has 2 aromatic rings. The number of fused-ring (bicyclic) bond motifs is 1. The summed E-state index contributed by atoms with van der Waals surface area (Å²) in [6.07, 6.45) is 1.02. The highest BCUT2D eigenvalue weighted by molar-refractivity contribution is 6.32. The summed E-state index contributed by atoms with van der Waals surface area (Å²) >= 11 is 6.64. The van der Waals surface area contributed by atoms with Gasteiger partial charge in [0.1, 0.15) is 0 Å². The number of rotatable bonds is 3. The summed E-state index contributed by atoms with van der Waals surface area (Å²) in [5, 5.41) is 3.73. The van der Waals surface area contributed by atoms with E-state index in [1.807, 2.05) is 37.3 Å². The van der Waals surface area contributed by atoms with Crippen LogP contribution in [-0.4, -0.2) is 25.7 Å². The molecule has 6 nitrogen and oxygen atoms in total. The van der Waals surface area contributed by atoms with Gasteiger partial charge < -0.3 is 19.5 Å². The zero-order valence-corrected chi connectivity index (χ0v) is 18.5. The number of carbonyl (C=O) groups is 2. The normalized spacial score (nSPS) is 21.9. The molecule has 0 radical (unpaired) electrons. The Kier molecular flexibility index (Phi) is 5.18. The maximum absolute atomic E-state index is 13.5. The second-order valence-electron chi connectivity index (χ2n) is 8.15. The third kappa shape index (κ3) is 3.35. The number of Topliss-reactive ketones (excluding diaryl/α,β-unsaturated/α-hetero) is 1. The van der Waals surface area contributed by atoms with Crippen molar-refractivity contribution in [3.63, 3.8) is 0 Å². The lowest BCUT2D eigenvalue weighted by Gasteiger charge is -2.36. The number of esters is 1. The fraction of sp³-hybridized carbons (Fsp3) is 0.280. The van der Waals surface area contributed by atoms with Crippen molar-refractivity contribution in [3.05, 3.63) is 81.2 Å². The number of nitrogens with one attached hydrogen (secondary N) is 1. The highest BCUT2D eigenvalue weighted by Crippen LogP contribution is 2.49. The minimum Gasteiger partial charge on any atom is -0.466 e. The number of carbonyl (C=O) groups excluding carboxylic acids is 2. The lowest BCUT2D eigenvalue weighted by molar-refractivity contribution is -0.136. The molecule has 1 N–H and O–H groups in total. The first-order valence-corrected chi connectivity index (χ1v) is 10.8. The molecule has 1 aliphatic carbocycles. The van der Waals surface area contributed by atoms with Gasteiger partial charge in [-0.15, -0.1) is 0 Å². The van der Waals surface area contributed by atoms with Crippen LogP contribution in [0.1, 0.15) is 42.7 Å². The van der Waals surface area contributed by atoms with Gasteiger partial charge in [0.15, 0.2) is 17.3 Å². The Morgan fingerprint density at radius 1 is 1.12 bits per heavy atom. The molecule has 0 unspecified atom stereocenters. The Hall–Kier alpha value is -3.25. The first-order valence-electron chi connectivity index (χ1n) is 10.4. The second kappa shape index (κ2) is 8.02. The summed E-state index contributed by atoms with van der Waals surface area (Å²) in [6, 6.07) is 13.4. The van der Waals surface area contributed by atoms with E-state index in [9.17, 15) is 9.59 Å². The van der Waals surface area contributed by atoms with Gasteiger partial charge in [-0.1, -0.05) is 41.9 Å². The van der Waals surface area contributed by atoms with E-state index in [2.05, 4.69) is 5.32 Å². The molecule has 0 amide bonds. The zero-order valence-electron chi connectivity index (χ0n) is 17.7. The van der Waals surface area contributed by atoms with Crippen LogP contribution < -0.4 is 14.8 Å². The van der Waals surface area contributed by atoms with Crippen molar-refractivity contribution in [1.82, 2.24) is 5.32 Å².